The molecule has 2 aromatic carbocycles. The molecule has 0 aliphatic carbocycles. The van der Waals surface area contributed by atoms with Crippen LogP contribution in [0.5, 0.6) is 11.5 Å². The van der Waals surface area contributed by atoms with Gasteiger partial charge >= 0.3 is 0 Å². The summed E-state index contributed by atoms with van der Waals surface area (Å²) < 4.78 is 5.53. The smallest absolute Gasteiger partial charge is 0.161 e. The van der Waals surface area contributed by atoms with Gasteiger partial charge in [-0.2, -0.15) is 0 Å². The summed E-state index contributed by atoms with van der Waals surface area (Å²) in [5.74, 6) is 0.606. The molecule has 3 N–H and O–H groups in total. The molecule has 3 heteroatoms. The molecule has 0 aliphatic heterocycles. The first-order valence-electron chi connectivity index (χ1n) is 5.48. The standard InChI is InChI=1S/C14H15NO2/c15-9-12-6-7-14(13(16)8-12)17-10-11-4-2-1-3-5-11/h1-8,16H,9-10,15H2. The Hall–Kier alpha value is -2.00. The molecule has 2 aromatic rings. The Bertz CT molecular complexity index is 483. The van der Waals surface area contributed by atoms with Crippen molar-refractivity contribution in [2.24, 2.45) is 5.73 Å². The number of hydrogen-bond acceptors (Lipinski definition) is 3. The van der Waals surface area contributed by atoms with Gasteiger partial charge in [0, 0.05) is 6.54 Å². The van der Waals surface area contributed by atoms with Crippen LogP contribution in [0.3, 0.4) is 0 Å². The van der Waals surface area contributed by atoms with Crippen LogP contribution < -0.4 is 10.5 Å². The molecule has 88 valence electrons. The quantitative estimate of drug-likeness (QED) is 0.846. The lowest BCUT2D eigenvalue weighted by Gasteiger charge is -2.09. The van der Waals surface area contributed by atoms with E-state index in [1.54, 1.807) is 12.1 Å². The number of phenolic OH excluding ortho intramolecular Hbond substituents is 1. The van der Waals surface area contributed by atoms with Gasteiger partial charge in [-0.05, 0) is 23.3 Å². The summed E-state index contributed by atoms with van der Waals surface area (Å²) in [5.41, 5.74) is 7.43. The van der Waals surface area contributed by atoms with Crippen molar-refractivity contribution in [1.29, 1.82) is 0 Å². The normalized spacial score (nSPS) is 10.2. The number of hydrogen-bond donors (Lipinski definition) is 2. The highest BCUT2D eigenvalue weighted by molar-refractivity contribution is 5.41. The maximum Gasteiger partial charge on any atom is 0.161 e. The van der Waals surface area contributed by atoms with E-state index in [4.69, 9.17) is 10.5 Å². The Morgan fingerprint density at radius 3 is 2.41 bits per heavy atom. The molecule has 0 radical (unpaired) electrons. The molecule has 0 aromatic heterocycles. The van der Waals surface area contributed by atoms with Crippen molar-refractivity contribution >= 4 is 0 Å². The molecular formula is C14H15NO2. The van der Waals surface area contributed by atoms with Crippen molar-refractivity contribution in [2.45, 2.75) is 13.2 Å². The highest BCUT2D eigenvalue weighted by Gasteiger charge is 2.03. The molecule has 0 atom stereocenters. The number of nitrogens with two attached hydrogens (primary N) is 1. The van der Waals surface area contributed by atoms with E-state index in [0.29, 0.717) is 18.9 Å². The summed E-state index contributed by atoms with van der Waals surface area (Å²) in [7, 11) is 0. The molecular weight excluding hydrogens is 214 g/mol. The van der Waals surface area contributed by atoms with Gasteiger partial charge in [0.2, 0.25) is 0 Å². The van der Waals surface area contributed by atoms with E-state index < -0.39 is 0 Å². The molecule has 0 spiro atoms. The van der Waals surface area contributed by atoms with Crippen molar-refractivity contribution in [2.75, 3.05) is 0 Å². The van der Waals surface area contributed by atoms with Gasteiger partial charge in [0.25, 0.3) is 0 Å². The van der Waals surface area contributed by atoms with Crippen molar-refractivity contribution in [3.63, 3.8) is 0 Å². The SMILES string of the molecule is NCc1ccc(OCc2ccccc2)c(O)c1. The summed E-state index contributed by atoms with van der Waals surface area (Å²) in [6.07, 6.45) is 0. The third-order valence-electron chi connectivity index (χ3n) is 2.50. The Morgan fingerprint density at radius 2 is 1.76 bits per heavy atom. The Morgan fingerprint density at radius 1 is 1.00 bits per heavy atom. The molecule has 3 nitrogen and oxygen atoms in total. The summed E-state index contributed by atoms with van der Waals surface area (Å²) in [4.78, 5) is 0. The molecule has 0 saturated carbocycles. The van der Waals surface area contributed by atoms with Gasteiger partial charge in [0.05, 0.1) is 0 Å². The summed E-state index contributed by atoms with van der Waals surface area (Å²) in [6, 6.07) is 15.0. The van der Waals surface area contributed by atoms with Crippen LogP contribution in [-0.2, 0) is 13.2 Å². The third kappa shape index (κ3) is 2.98. The zero-order valence-electron chi connectivity index (χ0n) is 9.47. The predicted molar refractivity (Wildman–Crippen MR) is 66.8 cm³/mol. The average molecular weight is 229 g/mol. The fourth-order valence-electron chi connectivity index (χ4n) is 1.55. The minimum Gasteiger partial charge on any atom is -0.504 e. The van der Waals surface area contributed by atoms with Gasteiger partial charge < -0.3 is 15.6 Å². The van der Waals surface area contributed by atoms with E-state index >= 15 is 0 Å². The second kappa shape index (κ2) is 5.37. The van der Waals surface area contributed by atoms with Gasteiger partial charge in [0.1, 0.15) is 6.61 Å². The van der Waals surface area contributed by atoms with Gasteiger partial charge in [-0.1, -0.05) is 36.4 Å². The van der Waals surface area contributed by atoms with Crippen LogP contribution in [0.4, 0.5) is 0 Å². The second-order valence-corrected chi connectivity index (χ2v) is 3.78. The number of benzene rings is 2. The van der Waals surface area contributed by atoms with Crippen LogP contribution in [0.1, 0.15) is 11.1 Å². The van der Waals surface area contributed by atoms with Crippen LogP contribution in [-0.4, -0.2) is 5.11 Å². The van der Waals surface area contributed by atoms with Gasteiger partial charge in [-0.3, -0.25) is 0 Å². The highest BCUT2D eigenvalue weighted by atomic mass is 16.5. The maximum absolute atomic E-state index is 9.72. The molecule has 0 saturated heterocycles. The fourth-order valence-corrected chi connectivity index (χ4v) is 1.55. The van der Waals surface area contributed by atoms with Crippen LogP contribution in [0.25, 0.3) is 0 Å². The number of phenols is 1. The maximum atomic E-state index is 9.72. The van der Waals surface area contributed by atoms with Crippen molar-refractivity contribution in [3.05, 3.63) is 59.7 Å². The topological polar surface area (TPSA) is 55.5 Å². The van der Waals surface area contributed by atoms with Crippen LogP contribution in [0.15, 0.2) is 48.5 Å². The first-order chi connectivity index (χ1) is 8.29. The largest absolute Gasteiger partial charge is 0.504 e. The first kappa shape index (κ1) is 11.5. The average Bonchev–Trinajstić information content (AvgIpc) is 2.38. The zero-order valence-corrected chi connectivity index (χ0v) is 9.47. The molecule has 0 fully saturated rings. The van der Waals surface area contributed by atoms with E-state index in [-0.39, 0.29) is 5.75 Å². The molecule has 17 heavy (non-hydrogen) atoms. The first-order valence-corrected chi connectivity index (χ1v) is 5.48. The Balaban J connectivity index is 2.04. The van der Waals surface area contributed by atoms with Crippen LogP contribution in [0.2, 0.25) is 0 Å². The third-order valence-corrected chi connectivity index (χ3v) is 2.50. The zero-order chi connectivity index (χ0) is 12.1. The summed E-state index contributed by atoms with van der Waals surface area (Å²) >= 11 is 0. The molecule has 0 bridgehead atoms. The van der Waals surface area contributed by atoms with E-state index in [1.165, 1.54) is 0 Å². The fraction of sp³-hybridized carbons (Fsp3) is 0.143. The van der Waals surface area contributed by atoms with Crippen molar-refractivity contribution in [1.82, 2.24) is 0 Å². The van der Waals surface area contributed by atoms with Gasteiger partial charge in [0.15, 0.2) is 11.5 Å². The van der Waals surface area contributed by atoms with Crippen LogP contribution in [0, 0.1) is 0 Å². The summed E-state index contributed by atoms with van der Waals surface area (Å²) in [5, 5.41) is 9.72. The Kier molecular flexibility index (Phi) is 3.62. The molecule has 0 aliphatic rings. The minimum absolute atomic E-state index is 0.129. The van der Waals surface area contributed by atoms with E-state index in [1.807, 2.05) is 36.4 Å². The highest BCUT2D eigenvalue weighted by Crippen LogP contribution is 2.27. The monoisotopic (exact) mass is 229 g/mol. The Labute approximate surface area is 100 Å². The number of ether oxygens (including phenoxy) is 1. The van der Waals surface area contributed by atoms with Gasteiger partial charge in [-0.25, -0.2) is 0 Å². The number of rotatable bonds is 4. The molecule has 2 rings (SSSR count). The lowest BCUT2D eigenvalue weighted by molar-refractivity contribution is 0.289. The van der Waals surface area contributed by atoms with E-state index in [2.05, 4.69) is 0 Å². The lowest BCUT2D eigenvalue weighted by atomic mass is 10.2. The lowest BCUT2D eigenvalue weighted by Crippen LogP contribution is -1.98. The summed E-state index contributed by atoms with van der Waals surface area (Å²) in [6.45, 7) is 0.850. The van der Waals surface area contributed by atoms with Crippen molar-refractivity contribution < 1.29 is 9.84 Å². The molecule has 0 unspecified atom stereocenters. The molecule has 0 amide bonds. The van der Waals surface area contributed by atoms with E-state index in [0.717, 1.165) is 11.1 Å². The van der Waals surface area contributed by atoms with Crippen molar-refractivity contribution in [3.8, 4) is 11.5 Å². The van der Waals surface area contributed by atoms with Crippen LogP contribution >= 0.6 is 0 Å². The second-order valence-electron chi connectivity index (χ2n) is 3.78. The minimum atomic E-state index is 0.129. The predicted octanol–water partition coefficient (Wildman–Crippen LogP) is 2.43. The van der Waals surface area contributed by atoms with E-state index in [9.17, 15) is 5.11 Å². The number of aromatic hydroxyl groups is 1. The van der Waals surface area contributed by atoms with Gasteiger partial charge in [-0.15, -0.1) is 0 Å². The molecule has 0 heterocycles.